The minimum absolute atomic E-state index is 0.111. The van der Waals surface area contributed by atoms with Gasteiger partial charge in [-0.1, -0.05) is 12.2 Å². The van der Waals surface area contributed by atoms with Gasteiger partial charge in [0.2, 0.25) is 0 Å². The van der Waals surface area contributed by atoms with Crippen molar-refractivity contribution in [3.8, 4) is 0 Å². The molecular formula is C14H23NO2. The van der Waals surface area contributed by atoms with Crippen LogP contribution in [0.1, 0.15) is 39.0 Å². The Morgan fingerprint density at radius 1 is 1.41 bits per heavy atom. The van der Waals surface area contributed by atoms with E-state index in [2.05, 4.69) is 26.1 Å². The summed E-state index contributed by atoms with van der Waals surface area (Å²) in [6.45, 7) is 10.4. The molecule has 0 spiro atoms. The first-order valence-corrected chi connectivity index (χ1v) is 6.02. The van der Waals surface area contributed by atoms with Crippen molar-refractivity contribution in [2.75, 3.05) is 6.61 Å². The first-order chi connectivity index (χ1) is 8.03. The molecule has 3 nitrogen and oxygen atoms in total. The van der Waals surface area contributed by atoms with Crippen LogP contribution in [0.25, 0.3) is 0 Å². The third-order valence-electron chi connectivity index (χ3n) is 2.33. The number of allylic oxidation sites excluding steroid dienone is 1. The smallest absolute Gasteiger partial charge is 0.133 e. The number of ether oxygens (including phenoxy) is 1. The molecule has 1 heterocycles. The molecule has 0 aliphatic rings. The summed E-state index contributed by atoms with van der Waals surface area (Å²) in [5.74, 6) is 0.909. The minimum atomic E-state index is 0.111. The molecule has 96 valence electrons. The van der Waals surface area contributed by atoms with Gasteiger partial charge in [0.25, 0.3) is 0 Å². The molecule has 0 aliphatic carbocycles. The average molecular weight is 237 g/mol. The normalized spacial score (nSPS) is 12.5. The highest BCUT2D eigenvalue weighted by Gasteiger charge is 2.11. The number of furan rings is 1. The Balaban J connectivity index is 2.42. The van der Waals surface area contributed by atoms with E-state index < -0.39 is 0 Å². The SMILES string of the molecule is CC=CCOCc1occc1CNC(C)(C)C. The van der Waals surface area contributed by atoms with Gasteiger partial charge in [0.1, 0.15) is 12.4 Å². The molecule has 3 heteroatoms. The van der Waals surface area contributed by atoms with Crippen LogP contribution in [-0.2, 0) is 17.9 Å². The molecule has 1 aromatic heterocycles. The predicted molar refractivity (Wildman–Crippen MR) is 69.8 cm³/mol. The standard InChI is InChI=1S/C14H23NO2/c1-5-6-8-16-11-13-12(7-9-17-13)10-15-14(2,3)4/h5-7,9,15H,8,10-11H2,1-4H3. The lowest BCUT2D eigenvalue weighted by atomic mass is 10.1. The Labute approximate surface area is 104 Å². The maximum atomic E-state index is 5.48. The van der Waals surface area contributed by atoms with Crippen molar-refractivity contribution in [3.63, 3.8) is 0 Å². The van der Waals surface area contributed by atoms with Crippen molar-refractivity contribution in [1.29, 1.82) is 0 Å². The molecule has 0 saturated carbocycles. The summed E-state index contributed by atoms with van der Waals surface area (Å²) in [4.78, 5) is 0. The molecule has 0 bridgehead atoms. The van der Waals surface area contributed by atoms with Crippen molar-refractivity contribution >= 4 is 0 Å². The van der Waals surface area contributed by atoms with Crippen molar-refractivity contribution in [2.45, 2.75) is 46.4 Å². The average Bonchev–Trinajstić information content (AvgIpc) is 2.68. The van der Waals surface area contributed by atoms with Crippen LogP contribution in [0.3, 0.4) is 0 Å². The van der Waals surface area contributed by atoms with Crippen LogP contribution in [0.2, 0.25) is 0 Å². The van der Waals surface area contributed by atoms with E-state index >= 15 is 0 Å². The Kier molecular flexibility index (Phi) is 5.45. The van der Waals surface area contributed by atoms with Gasteiger partial charge in [-0.3, -0.25) is 0 Å². The van der Waals surface area contributed by atoms with Crippen LogP contribution in [0.5, 0.6) is 0 Å². The molecule has 0 aliphatic heterocycles. The van der Waals surface area contributed by atoms with Gasteiger partial charge in [-0.2, -0.15) is 0 Å². The maximum Gasteiger partial charge on any atom is 0.133 e. The molecule has 17 heavy (non-hydrogen) atoms. The Morgan fingerprint density at radius 3 is 2.82 bits per heavy atom. The molecule has 1 aromatic rings. The first-order valence-electron chi connectivity index (χ1n) is 6.02. The third kappa shape index (κ3) is 5.71. The highest BCUT2D eigenvalue weighted by Crippen LogP contribution is 2.13. The van der Waals surface area contributed by atoms with Gasteiger partial charge < -0.3 is 14.5 Å². The fourth-order valence-corrected chi connectivity index (χ4v) is 1.33. The minimum Gasteiger partial charge on any atom is -0.467 e. The van der Waals surface area contributed by atoms with Crippen LogP contribution in [-0.4, -0.2) is 12.1 Å². The van der Waals surface area contributed by atoms with Crippen molar-refractivity contribution < 1.29 is 9.15 Å². The van der Waals surface area contributed by atoms with Crippen LogP contribution in [0.15, 0.2) is 28.9 Å². The zero-order valence-electron chi connectivity index (χ0n) is 11.2. The highest BCUT2D eigenvalue weighted by atomic mass is 16.5. The predicted octanol–water partition coefficient (Wildman–Crippen LogP) is 3.26. The summed E-state index contributed by atoms with van der Waals surface area (Å²) in [6.07, 6.45) is 5.67. The molecule has 0 saturated heterocycles. The number of hydrogen-bond donors (Lipinski definition) is 1. The largest absolute Gasteiger partial charge is 0.467 e. The van der Waals surface area contributed by atoms with Crippen LogP contribution < -0.4 is 5.32 Å². The lowest BCUT2D eigenvalue weighted by Crippen LogP contribution is -2.35. The zero-order valence-corrected chi connectivity index (χ0v) is 11.2. The van der Waals surface area contributed by atoms with Gasteiger partial charge in [-0.25, -0.2) is 0 Å². The van der Waals surface area contributed by atoms with Gasteiger partial charge >= 0.3 is 0 Å². The lowest BCUT2D eigenvalue weighted by Gasteiger charge is -2.20. The van der Waals surface area contributed by atoms with Crippen molar-refractivity contribution in [2.24, 2.45) is 0 Å². The number of hydrogen-bond acceptors (Lipinski definition) is 3. The summed E-state index contributed by atoms with van der Waals surface area (Å²) in [5.41, 5.74) is 1.28. The van der Waals surface area contributed by atoms with Gasteiger partial charge in [0.15, 0.2) is 0 Å². The Hall–Kier alpha value is -1.06. The maximum absolute atomic E-state index is 5.48. The van der Waals surface area contributed by atoms with E-state index in [4.69, 9.17) is 9.15 Å². The fourth-order valence-electron chi connectivity index (χ4n) is 1.33. The van der Waals surface area contributed by atoms with Gasteiger partial charge in [0, 0.05) is 17.6 Å². The Bertz CT molecular complexity index is 347. The molecule has 0 fully saturated rings. The van der Waals surface area contributed by atoms with Crippen LogP contribution in [0, 0.1) is 0 Å². The molecule has 1 rings (SSSR count). The lowest BCUT2D eigenvalue weighted by molar-refractivity contribution is 0.130. The zero-order chi connectivity index (χ0) is 12.7. The van der Waals surface area contributed by atoms with Crippen LogP contribution in [0.4, 0.5) is 0 Å². The monoisotopic (exact) mass is 237 g/mol. The second-order valence-corrected chi connectivity index (χ2v) is 5.06. The molecule has 0 atom stereocenters. The van der Waals surface area contributed by atoms with E-state index in [1.54, 1.807) is 6.26 Å². The Morgan fingerprint density at radius 2 is 2.18 bits per heavy atom. The van der Waals surface area contributed by atoms with Crippen molar-refractivity contribution in [3.05, 3.63) is 35.8 Å². The second-order valence-electron chi connectivity index (χ2n) is 5.06. The summed E-state index contributed by atoms with van der Waals surface area (Å²) in [5, 5.41) is 3.44. The molecule has 0 amide bonds. The van der Waals surface area contributed by atoms with Gasteiger partial charge in [0.05, 0.1) is 12.9 Å². The van der Waals surface area contributed by atoms with E-state index in [1.165, 1.54) is 5.56 Å². The number of nitrogens with one attached hydrogen (secondary N) is 1. The number of rotatable bonds is 6. The summed E-state index contributed by atoms with van der Waals surface area (Å²) in [6, 6.07) is 1.99. The fraction of sp³-hybridized carbons (Fsp3) is 0.571. The van der Waals surface area contributed by atoms with E-state index in [0.29, 0.717) is 13.2 Å². The van der Waals surface area contributed by atoms with E-state index in [-0.39, 0.29) is 5.54 Å². The van der Waals surface area contributed by atoms with Gasteiger partial charge in [-0.05, 0) is 33.8 Å². The van der Waals surface area contributed by atoms with Gasteiger partial charge in [-0.15, -0.1) is 0 Å². The van der Waals surface area contributed by atoms with E-state index in [9.17, 15) is 0 Å². The van der Waals surface area contributed by atoms with E-state index in [0.717, 1.165) is 12.3 Å². The molecule has 0 radical (unpaired) electrons. The summed E-state index contributed by atoms with van der Waals surface area (Å²) >= 11 is 0. The summed E-state index contributed by atoms with van der Waals surface area (Å²) < 4.78 is 10.9. The molecular weight excluding hydrogens is 214 g/mol. The summed E-state index contributed by atoms with van der Waals surface area (Å²) in [7, 11) is 0. The first kappa shape index (κ1) is 14.0. The quantitative estimate of drug-likeness (QED) is 0.609. The molecule has 0 aromatic carbocycles. The topological polar surface area (TPSA) is 34.4 Å². The van der Waals surface area contributed by atoms with E-state index in [1.807, 2.05) is 25.1 Å². The third-order valence-corrected chi connectivity index (χ3v) is 2.33. The molecule has 1 N–H and O–H groups in total. The van der Waals surface area contributed by atoms with Crippen molar-refractivity contribution in [1.82, 2.24) is 5.32 Å². The van der Waals surface area contributed by atoms with Crippen LogP contribution >= 0.6 is 0 Å². The second kappa shape index (κ2) is 6.62. The highest BCUT2D eigenvalue weighted by molar-refractivity contribution is 5.16. The molecule has 0 unspecified atom stereocenters.